The van der Waals surface area contributed by atoms with Crippen molar-refractivity contribution in [2.75, 3.05) is 0 Å². The zero-order chi connectivity index (χ0) is 10.7. The van der Waals surface area contributed by atoms with Crippen LogP contribution in [0.2, 0.25) is 0 Å². The molecule has 1 fully saturated rings. The van der Waals surface area contributed by atoms with E-state index in [4.69, 9.17) is 5.73 Å². The number of nitrogens with one attached hydrogen (secondary N) is 1. The predicted octanol–water partition coefficient (Wildman–Crippen LogP) is 1.27. The molecule has 1 atom stereocenters. The van der Waals surface area contributed by atoms with E-state index in [2.05, 4.69) is 19.2 Å². The van der Waals surface area contributed by atoms with Gasteiger partial charge in [-0.25, -0.2) is 0 Å². The molecular weight excluding hydrogens is 176 g/mol. The molecule has 0 radical (unpaired) electrons. The molecule has 3 heteroatoms. The molecule has 1 aliphatic carbocycles. The molecule has 3 N–H and O–H groups in total. The Balaban J connectivity index is 2.13. The van der Waals surface area contributed by atoms with Crippen molar-refractivity contribution in [1.29, 1.82) is 0 Å². The van der Waals surface area contributed by atoms with Crippen LogP contribution in [0.25, 0.3) is 0 Å². The van der Waals surface area contributed by atoms with Crippen molar-refractivity contribution in [2.45, 2.75) is 52.1 Å². The minimum absolute atomic E-state index is 0.218. The number of carbonyl (C=O) groups is 1. The van der Waals surface area contributed by atoms with Crippen molar-refractivity contribution in [3.8, 4) is 0 Å². The lowest BCUT2D eigenvalue weighted by Gasteiger charge is -2.40. The van der Waals surface area contributed by atoms with E-state index in [0.717, 1.165) is 11.8 Å². The number of rotatable bonds is 5. The van der Waals surface area contributed by atoms with Crippen molar-refractivity contribution in [3.63, 3.8) is 0 Å². The fraction of sp³-hybridized carbons (Fsp3) is 0.909. The summed E-state index contributed by atoms with van der Waals surface area (Å²) in [7, 11) is 0. The molecule has 0 aromatic carbocycles. The summed E-state index contributed by atoms with van der Waals surface area (Å²) in [5.41, 5.74) is 5.13. The third-order valence-corrected chi connectivity index (χ3v) is 3.14. The highest BCUT2D eigenvalue weighted by atomic mass is 16.1. The summed E-state index contributed by atoms with van der Waals surface area (Å²) < 4.78 is 0. The van der Waals surface area contributed by atoms with Crippen molar-refractivity contribution in [1.82, 2.24) is 5.32 Å². The number of carbonyl (C=O) groups excluding carboxylic acids is 1. The van der Waals surface area contributed by atoms with Gasteiger partial charge in [-0.15, -0.1) is 0 Å². The van der Waals surface area contributed by atoms with Gasteiger partial charge in [0.25, 0.3) is 0 Å². The third kappa shape index (κ3) is 3.29. The minimum Gasteiger partial charge on any atom is -0.370 e. The number of hydrogen-bond donors (Lipinski definition) is 2. The predicted molar refractivity (Wildman–Crippen MR) is 57.8 cm³/mol. The normalized spacial score (nSPS) is 28.6. The third-order valence-electron chi connectivity index (χ3n) is 3.14. The maximum absolute atomic E-state index is 10.7. The van der Waals surface area contributed by atoms with Gasteiger partial charge in [-0.3, -0.25) is 4.79 Å². The number of primary amides is 1. The van der Waals surface area contributed by atoms with Gasteiger partial charge in [0.1, 0.15) is 0 Å². The maximum atomic E-state index is 10.7. The number of hydrogen-bond acceptors (Lipinski definition) is 2. The van der Waals surface area contributed by atoms with Crippen LogP contribution < -0.4 is 11.1 Å². The van der Waals surface area contributed by atoms with Crippen molar-refractivity contribution in [3.05, 3.63) is 0 Å². The summed E-state index contributed by atoms with van der Waals surface area (Å²) in [5, 5.41) is 3.43. The largest absolute Gasteiger partial charge is 0.370 e. The Hall–Kier alpha value is -0.570. The van der Waals surface area contributed by atoms with Gasteiger partial charge < -0.3 is 11.1 Å². The van der Waals surface area contributed by atoms with Crippen LogP contribution in [0.1, 0.15) is 40.0 Å². The van der Waals surface area contributed by atoms with Gasteiger partial charge in [-0.1, -0.05) is 13.8 Å². The van der Waals surface area contributed by atoms with Gasteiger partial charge >= 0.3 is 0 Å². The Bertz CT molecular complexity index is 197. The van der Waals surface area contributed by atoms with Gasteiger partial charge in [0.15, 0.2) is 0 Å². The second-order valence-corrected chi connectivity index (χ2v) is 4.91. The van der Waals surface area contributed by atoms with Gasteiger partial charge in [-0.05, 0) is 31.6 Å². The van der Waals surface area contributed by atoms with Crippen LogP contribution in [0.4, 0.5) is 0 Å². The summed E-state index contributed by atoms with van der Waals surface area (Å²) >= 11 is 0. The van der Waals surface area contributed by atoms with Gasteiger partial charge in [0.2, 0.25) is 5.91 Å². The van der Waals surface area contributed by atoms with E-state index < -0.39 is 0 Å². The van der Waals surface area contributed by atoms with E-state index in [1.54, 1.807) is 0 Å². The average Bonchev–Trinajstić information content (AvgIpc) is 1.93. The molecule has 0 bridgehead atoms. The number of amides is 1. The quantitative estimate of drug-likeness (QED) is 0.699. The summed E-state index contributed by atoms with van der Waals surface area (Å²) in [6.45, 7) is 6.56. The molecule has 0 saturated heterocycles. The molecule has 3 nitrogen and oxygen atoms in total. The van der Waals surface area contributed by atoms with Crippen LogP contribution in [0.15, 0.2) is 0 Å². The van der Waals surface area contributed by atoms with Gasteiger partial charge in [-0.2, -0.15) is 0 Å². The lowest BCUT2D eigenvalue weighted by molar-refractivity contribution is -0.118. The average molecular weight is 198 g/mol. The van der Waals surface area contributed by atoms with E-state index in [1.165, 1.54) is 12.8 Å². The van der Waals surface area contributed by atoms with Gasteiger partial charge in [0.05, 0.1) is 0 Å². The SMILES string of the molecule is CC(CC(N)=O)NC1CC(C(C)C)C1. The second kappa shape index (κ2) is 4.78. The van der Waals surface area contributed by atoms with Crippen molar-refractivity contribution >= 4 is 5.91 Å². The second-order valence-electron chi connectivity index (χ2n) is 4.91. The maximum Gasteiger partial charge on any atom is 0.218 e. The van der Waals surface area contributed by atoms with Crippen molar-refractivity contribution < 1.29 is 4.79 Å². The molecule has 0 spiro atoms. The summed E-state index contributed by atoms with van der Waals surface area (Å²) in [6.07, 6.45) is 2.95. The molecule has 1 rings (SSSR count). The molecule has 1 saturated carbocycles. The lowest BCUT2D eigenvalue weighted by Crippen LogP contribution is -2.47. The molecule has 0 aromatic heterocycles. The van der Waals surface area contributed by atoms with Crippen LogP contribution in [0.5, 0.6) is 0 Å². The van der Waals surface area contributed by atoms with E-state index in [1.807, 2.05) is 6.92 Å². The zero-order valence-electron chi connectivity index (χ0n) is 9.42. The molecule has 0 aromatic rings. The standard InChI is InChI=1S/C11H22N2O/c1-7(2)9-5-10(6-9)13-8(3)4-11(12)14/h7-10,13H,4-6H2,1-3H3,(H2,12,14). The van der Waals surface area contributed by atoms with Crippen LogP contribution in [0, 0.1) is 11.8 Å². The smallest absolute Gasteiger partial charge is 0.218 e. The van der Waals surface area contributed by atoms with Crippen molar-refractivity contribution in [2.24, 2.45) is 17.6 Å². The fourth-order valence-electron chi connectivity index (χ4n) is 2.11. The minimum atomic E-state index is -0.218. The summed E-state index contributed by atoms with van der Waals surface area (Å²) in [4.78, 5) is 10.7. The highest BCUT2D eigenvalue weighted by Gasteiger charge is 2.31. The molecular formula is C11H22N2O. The first-order chi connectivity index (χ1) is 6.49. The Morgan fingerprint density at radius 2 is 2.00 bits per heavy atom. The molecule has 14 heavy (non-hydrogen) atoms. The summed E-state index contributed by atoms with van der Waals surface area (Å²) in [5.74, 6) is 1.44. The van der Waals surface area contributed by atoms with Crippen LogP contribution in [-0.4, -0.2) is 18.0 Å². The first-order valence-corrected chi connectivity index (χ1v) is 5.53. The monoisotopic (exact) mass is 198 g/mol. The molecule has 82 valence electrons. The van der Waals surface area contributed by atoms with E-state index in [-0.39, 0.29) is 11.9 Å². The first kappa shape index (κ1) is 11.5. The lowest BCUT2D eigenvalue weighted by atomic mass is 9.73. The molecule has 0 aliphatic heterocycles. The Kier molecular flexibility index (Phi) is 3.93. The number of nitrogens with two attached hydrogens (primary N) is 1. The Labute approximate surface area is 86.4 Å². The van der Waals surface area contributed by atoms with Crippen LogP contribution in [0.3, 0.4) is 0 Å². The van der Waals surface area contributed by atoms with Gasteiger partial charge in [0, 0.05) is 18.5 Å². The highest BCUT2D eigenvalue weighted by molar-refractivity contribution is 5.74. The first-order valence-electron chi connectivity index (χ1n) is 5.53. The molecule has 1 amide bonds. The zero-order valence-corrected chi connectivity index (χ0v) is 9.42. The summed E-state index contributed by atoms with van der Waals surface area (Å²) in [6, 6.07) is 0.836. The highest BCUT2D eigenvalue weighted by Crippen LogP contribution is 2.33. The fourth-order valence-corrected chi connectivity index (χ4v) is 2.11. The Morgan fingerprint density at radius 3 is 2.43 bits per heavy atom. The topological polar surface area (TPSA) is 55.1 Å². The van der Waals surface area contributed by atoms with E-state index in [0.29, 0.717) is 12.5 Å². The molecule has 1 aliphatic rings. The van der Waals surface area contributed by atoms with E-state index in [9.17, 15) is 4.79 Å². The van der Waals surface area contributed by atoms with Crippen LogP contribution >= 0.6 is 0 Å². The Morgan fingerprint density at radius 1 is 1.43 bits per heavy atom. The van der Waals surface area contributed by atoms with Crippen LogP contribution in [-0.2, 0) is 4.79 Å². The van der Waals surface area contributed by atoms with E-state index >= 15 is 0 Å². The molecule has 0 heterocycles. The molecule has 1 unspecified atom stereocenters.